The fraction of sp³-hybridized carbons (Fsp3) is 0.286. The third kappa shape index (κ3) is 4.22. The molecule has 0 radical (unpaired) electrons. The lowest BCUT2D eigenvalue weighted by Gasteiger charge is -2.07. The van der Waals surface area contributed by atoms with Crippen molar-refractivity contribution < 1.29 is 37.7 Å². The van der Waals surface area contributed by atoms with E-state index in [0.717, 1.165) is 0 Å². The van der Waals surface area contributed by atoms with Gasteiger partial charge in [-0.25, -0.2) is 24.2 Å². The maximum atomic E-state index is 13.0. The van der Waals surface area contributed by atoms with E-state index in [2.05, 4.69) is 4.98 Å². The van der Waals surface area contributed by atoms with Gasteiger partial charge in [-0.3, -0.25) is 9.59 Å². The van der Waals surface area contributed by atoms with Crippen LogP contribution < -0.4 is 11.3 Å². The maximum Gasteiger partial charge on any atom is 0.362 e. The third-order valence-electron chi connectivity index (χ3n) is 4.57. The van der Waals surface area contributed by atoms with E-state index in [9.17, 15) is 28.8 Å². The summed E-state index contributed by atoms with van der Waals surface area (Å²) in [5.74, 6) is -4.01. The molecule has 0 aliphatic heterocycles. The van der Waals surface area contributed by atoms with Crippen LogP contribution in [0.3, 0.4) is 0 Å². The Morgan fingerprint density at radius 1 is 0.794 bits per heavy atom. The van der Waals surface area contributed by atoms with Crippen LogP contribution in [0, 0.1) is 13.8 Å². The molecule has 0 saturated carbocycles. The van der Waals surface area contributed by atoms with Crippen LogP contribution in [0.5, 0.6) is 0 Å². The topological polar surface area (TPSA) is 170 Å². The molecule has 0 bridgehead atoms. The zero-order chi connectivity index (χ0) is 25.2. The summed E-state index contributed by atoms with van der Waals surface area (Å²) in [6, 6.07) is 3.68. The number of esters is 2. The van der Waals surface area contributed by atoms with Gasteiger partial charge in [-0.1, -0.05) is 6.07 Å². The first-order chi connectivity index (χ1) is 16.1. The van der Waals surface area contributed by atoms with Gasteiger partial charge in [0.05, 0.1) is 24.3 Å². The monoisotopic (exact) mass is 473 g/mol. The summed E-state index contributed by atoms with van der Waals surface area (Å²) in [4.78, 5) is 78.2. The maximum absolute atomic E-state index is 13.0. The molecule has 3 aromatic heterocycles. The van der Waals surface area contributed by atoms with E-state index < -0.39 is 46.4 Å². The van der Waals surface area contributed by atoms with Crippen molar-refractivity contribution >= 4 is 23.8 Å². The second-order valence-corrected chi connectivity index (χ2v) is 6.75. The number of pyridine rings is 1. The number of ether oxygens (including phenoxy) is 2. The number of hydrogen-bond acceptors (Lipinski definition) is 11. The van der Waals surface area contributed by atoms with Crippen LogP contribution in [-0.2, 0) is 9.47 Å². The molecule has 34 heavy (non-hydrogen) atoms. The molecule has 0 saturated heterocycles. The first kappa shape index (κ1) is 24.1. The predicted octanol–water partition coefficient (Wildman–Crippen LogP) is 0.938. The van der Waals surface area contributed by atoms with Gasteiger partial charge in [0, 0.05) is 0 Å². The number of aromatic nitrogens is 3. The molecule has 0 aromatic carbocycles. The molecular weight excluding hydrogens is 454 g/mol. The molecule has 178 valence electrons. The Kier molecular flexibility index (Phi) is 6.75. The van der Waals surface area contributed by atoms with Crippen molar-refractivity contribution in [1.82, 2.24) is 14.5 Å². The van der Waals surface area contributed by atoms with Crippen LogP contribution in [0.1, 0.15) is 66.9 Å². The minimum Gasteiger partial charge on any atom is -0.461 e. The van der Waals surface area contributed by atoms with Gasteiger partial charge in [0.2, 0.25) is 0 Å². The fourth-order valence-electron chi connectivity index (χ4n) is 2.93. The van der Waals surface area contributed by atoms with E-state index in [0.29, 0.717) is 9.48 Å². The quantitative estimate of drug-likeness (QED) is 0.467. The largest absolute Gasteiger partial charge is 0.461 e. The van der Waals surface area contributed by atoms with Gasteiger partial charge in [0.25, 0.3) is 0 Å². The highest BCUT2D eigenvalue weighted by molar-refractivity contribution is 6.02. The fourth-order valence-corrected chi connectivity index (χ4v) is 2.93. The van der Waals surface area contributed by atoms with Gasteiger partial charge in [-0.05, 0) is 39.8 Å². The molecular formula is C21H19N3O10. The molecule has 3 heterocycles. The number of rotatable bonds is 6. The minimum absolute atomic E-state index is 0.0155. The molecule has 3 aromatic rings. The van der Waals surface area contributed by atoms with Crippen LogP contribution in [0.2, 0.25) is 0 Å². The first-order valence-corrected chi connectivity index (χ1v) is 9.98. The first-order valence-electron chi connectivity index (χ1n) is 9.98. The summed E-state index contributed by atoms with van der Waals surface area (Å²) in [6.07, 6.45) is 0. The Bertz CT molecular complexity index is 1320. The van der Waals surface area contributed by atoms with Gasteiger partial charge in [-0.15, -0.1) is 9.48 Å². The van der Waals surface area contributed by atoms with E-state index in [-0.39, 0.29) is 35.7 Å². The minimum atomic E-state index is -1.04. The van der Waals surface area contributed by atoms with E-state index in [1.165, 1.54) is 32.0 Å². The lowest BCUT2D eigenvalue weighted by atomic mass is 10.2. The Balaban J connectivity index is 2.05. The van der Waals surface area contributed by atoms with Gasteiger partial charge in [0.15, 0.2) is 11.4 Å². The number of hydrogen-bond donors (Lipinski definition) is 0. The van der Waals surface area contributed by atoms with Crippen molar-refractivity contribution in [2.24, 2.45) is 0 Å². The van der Waals surface area contributed by atoms with E-state index in [1.807, 2.05) is 0 Å². The van der Waals surface area contributed by atoms with Crippen molar-refractivity contribution in [3.8, 4) is 0 Å². The van der Waals surface area contributed by atoms with E-state index >= 15 is 0 Å². The van der Waals surface area contributed by atoms with Crippen molar-refractivity contribution in [1.29, 1.82) is 0 Å². The average Bonchev–Trinajstić information content (AvgIpc) is 3.28. The standard InChI is InChI=1S/C21H19N3O10/c1-5-31-20(29)14-10(3)18(27)33-23(14)16(25)12-8-7-9-13(22-12)17(26)24-15(21(30)32-6-2)11(4)19(28)34-24/h7-9H,5-6H2,1-4H3. The van der Waals surface area contributed by atoms with Gasteiger partial charge < -0.3 is 18.5 Å². The lowest BCUT2D eigenvalue weighted by Crippen LogP contribution is -2.23. The third-order valence-corrected chi connectivity index (χ3v) is 4.57. The SMILES string of the molecule is CCOC(=O)c1c(C)c(=O)on1C(=O)c1cccc(C(=O)n2oc(=O)c(C)c2C(=O)OCC)n1. The lowest BCUT2D eigenvalue weighted by molar-refractivity contribution is 0.0482. The Hall–Kier alpha value is -4.55. The van der Waals surface area contributed by atoms with E-state index in [4.69, 9.17) is 18.5 Å². The highest BCUT2D eigenvalue weighted by Gasteiger charge is 2.30. The zero-order valence-corrected chi connectivity index (χ0v) is 18.6. The second-order valence-electron chi connectivity index (χ2n) is 6.75. The Labute approximate surface area is 190 Å². The van der Waals surface area contributed by atoms with Gasteiger partial charge in [0.1, 0.15) is 11.4 Å². The van der Waals surface area contributed by atoms with Crippen molar-refractivity contribution in [2.75, 3.05) is 13.2 Å². The Morgan fingerprint density at radius 3 is 1.53 bits per heavy atom. The summed E-state index contributed by atoms with van der Waals surface area (Å²) >= 11 is 0. The van der Waals surface area contributed by atoms with Crippen molar-refractivity contribution in [3.05, 3.63) is 72.9 Å². The summed E-state index contributed by atoms with van der Waals surface area (Å²) in [5, 5.41) is 0. The molecule has 0 unspecified atom stereocenters. The van der Waals surface area contributed by atoms with E-state index in [1.54, 1.807) is 13.8 Å². The predicted molar refractivity (Wildman–Crippen MR) is 111 cm³/mol. The molecule has 0 N–H and O–H groups in total. The van der Waals surface area contributed by atoms with Crippen LogP contribution in [0.4, 0.5) is 0 Å². The molecule has 13 heteroatoms. The van der Waals surface area contributed by atoms with Crippen molar-refractivity contribution in [3.63, 3.8) is 0 Å². The summed E-state index contributed by atoms with van der Waals surface area (Å²) < 4.78 is 20.3. The number of nitrogens with zero attached hydrogens (tertiary/aromatic N) is 3. The zero-order valence-electron chi connectivity index (χ0n) is 18.6. The van der Waals surface area contributed by atoms with Crippen LogP contribution in [0.25, 0.3) is 0 Å². The second kappa shape index (κ2) is 9.52. The highest BCUT2D eigenvalue weighted by Crippen LogP contribution is 2.13. The smallest absolute Gasteiger partial charge is 0.362 e. The Morgan fingerprint density at radius 2 is 1.18 bits per heavy atom. The molecule has 0 aliphatic rings. The van der Waals surface area contributed by atoms with Crippen molar-refractivity contribution in [2.45, 2.75) is 27.7 Å². The van der Waals surface area contributed by atoms with Gasteiger partial charge in [-0.2, -0.15) is 0 Å². The molecule has 13 nitrogen and oxygen atoms in total. The molecule has 0 amide bonds. The average molecular weight is 473 g/mol. The molecule has 3 rings (SSSR count). The van der Waals surface area contributed by atoms with Gasteiger partial charge >= 0.3 is 35.0 Å². The molecule has 0 atom stereocenters. The summed E-state index contributed by atoms with van der Waals surface area (Å²) in [7, 11) is 0. The van der Waals surface area contributed by atoms with Crippen LogP contribution >= 0.6 is 0 Å². The van der Waals surface area contributed by atoms with Crippen LogP contribution in [0.15, 0.2) is 36.8 Å². The number of carbonyl (C=O) groups is 4. The highest BCUT2D eigenvalue weighted by atomic mass is 16.6. The summed E-state index contributed by atoms with van der Waals surface area (Å²) in [5.41, 5.74) is -3.80. The summed E-state index contributed by atoms with van der Waals surface area (Å²) in [6.45, 7) is 5.61. The molecule has 0 aliphatic carbocycles. The normalized spacial score (nSPS) is 10.7. The molecule has 0 spiro atoms. The number of carbonyl (C=O) groups excluding carboxylic acids is 4. The molecule has 0 fully saturated rings. The van der Waals surface area contributed by atoms with Crippen LogP contribution in [-0.4, -0.2) is 51.4 Å².